The van der Waals surface area contributed by atoms with E-state index in [1.165, 1.54) is 24.0 Å². The molecule has 4 rings (SSSR count). The van der Waals surface area contributed by atoms with Gasteiger partial charge in [-0.05, 0) is 48.2 Å². The van der Waals surface area contributed by atoms with Crippen molar-refractivity contribution in [2.45, 2.75) is 44.5 Å². The zero-order valence-electron chi connectivity index (χ0n) is 16.4. The van der Waals surface area contributed by atoms with Gasteiger partial charge < -0.3 is 15.4 Å². The average Bonchev–Trinajstić information content (AvgIpc) is 3.44. The highest BCUT2D eigenvalue weighted by atomic mass is 19.1. The molecule has 2 atom stereocenters. The van der Waals surface area contributed by atoms with E-state index >= 15 is 0 Å². The SMILES string of the molecule is CC(=O)Nc1ccc(C2OC(=O)N(Cc3cccc(F)c3)C2C(=O)NC2CC2)cc1. The Morgan fingerprint density at radius 2 is 1.90 bits per heavy atom. The van der Waals surface area contributed by atoms with Crippen LogP contribution in [0, 0.1) is 5.82 Å². The number of amides is 3. The second kappa shape index (κ2) is 8.14. The van der Waals surface area contributed by atoms with Crippen LogP contribution in [0.1, 0.15) is 37.0 Å². The molecule has 3 amide bonds. The first kappa shape index (κ1) is 19.9. The number of halogens is 1. The number of cyclic esters (lactones) is 1. The van der Waals surface area contributed by atoms with Crippen molar-refractivity contribution in [3.8, 4) is 0 Å². The predicted octanol–water partition coefficient (Wildman–Crippen LogP) is 3.12. The first-order valence-corrected chi connectivity index (χ1v) is 9.80. The maximum atomic E-state index is 13.6. The van der Waals surface area contributed by atoms with Crippen LogP contribution in [-0.2, 0) is 20.9 Å². The maximum absolute atomic E-state index is 13.6. The summed E-state index contributed by atoms with van der Waals surface area (Å²) in [5, 5.41) is 5.61. The van der Waals surface area contributed by atoms with Gasteiger partial charge in [0.1, 0.15) is 5.82 Å². The van der Waals surface area contributed by atoms with Crippen molar-refractivity contribution >= 4 is 23.6 Å². The number of rotatable bonds is 6. The van der Waals surface area contributed by atoms with Gasteiger partial charge in [0.05, 0.1) is 6.54 Å². The summed E-state index contributed by atoms with van der Waals surface area (Å²) in [7, 11) is 0. The minimum atomic E-state index is -0.881. The van der Waals surface area contributed by atoms with Crippen molar-refractivity contribution in [1.82, 2.24) is 10.2 Å². The highest BCUT2D eigenvalue weighted by Crippen LogP contribution is 2.35. The molecule has 1 aliphatic carbocycles. The number of carbonyl (C=O) groups is 3. The third-order valence-electron chi connectivity index (χ3n) is 5.08. The highest BCUT2D eigenvalue weighted by molar-refractivity contribution is 5.90. The van der Waals surface area contributed by atoms with Gasteiger partial charge in [0.15, 0.2) is 12.1 Å². The number of ether oxygens (including phenoxy) is 1. The topological polar surface area (TPSA) is 87.7 Å². The number of carbonyl (C=O) groups excluding carboxylic acids is 3. The molecule has 0 spiro atoms. The van der Waals surface area contributed by atoms with E-state index in [0.29, 0.717) is 16.8 Å². The molecule has 1 heterocycles. The van der Waals surface area contributed by atoms with Crippen LogP contribution in [0.2, 0.25) is 0 Å². The van der Waals surface area contributed by atoms with E-state index in [1.807, 2.05) is 0 Å². The summed E-state index contributed by atoms with van der Waals surface area (Å²) in [5.41, 5.74) is 1.80. The van der Waals surface area contributed by atoms with Crippen molar-refractivity contribution < 1.29 is 23.5 Å². The Balaban J connectivity index is 1.60. The molecule has 2 aliphatic rings. The largest absolute Gasteiger partial charge is 0.438 e. The van der Waals surface area contributed by atoms with E-state index in [2.05, 4.69) is 10.6 Å². The fourth-order valence-electron chi connectivity index (χ4n) is 3.52. The second-order valence-electron chi connectivity index (χ2n) is 7.59. The van der Waals surface area contributed by atoms with Crippen molar-refractivity contribution in [2.75, 3.05) is 5.32 Å². The van der Waals surface area contributed by atoms with E-state index in [0.717, 1.165) is 12.8 Å². The summed E-state index contributed by atoms with van der Waals surface area (Å²) < 4.78 is 19.2. The Bertz CT molecular complexity index is 975. The normalized spacial score (nSPS) is 20.6. The molecule has 1 saturated carbocycles. The molecular formula is C22H22FN3O4. The standard InChI is InChI=1S/C22H22FN3O4/c1-13(27)24-17-7-5-15(6-8-17)20-19(21(28)25-18-9-10-18)26(22(29)30-20)12-14-3-2-4-16(23)11-14/h2-8,11,18-20H,9-10,12H2,1H3,(H,24,27)(H,25,28). The Hall–Kier alpha value is -3.42. The molecule has 0 aromatic heterocycles. The van der Waals surface area contributed by atoms with Crippen molar-refractivity contribution in [3.63, 3.8) is 0 Å². The Labute approximate surface area is 173 Å². The highest BCUT2D eigenvalue weighted by Gasteiger charge is 2.47. The lowest BCUT2D eigenvalue weighted by molar-refractivity contribution is -0.126. The Morgan fingerprint density at radius 1 is 1.17 bits per heavy atom. The summed E-state index contributed by atoms with van der Waals surface area (Å²) in [4.78, 5) is 38.2. The number of nitrogens with one attached hydrogen (secondary N) is 2. The first-order valence-electron chi connectivity index (χ1n) is 9.80. The fourth-order valence-corrected chi connectivity index (χ4v) is 3.52. The molecule has 2 fully saturated rings. The van der Waals surface area contributed by atoms with Crippen LogP contribution >= 0.6 is 0 Å². The van der Waals surface area contributed by atoms with Crippen LogP contribution in [0.5, 0.6) is 0 Å². The van der Waals surface area contributed by atoms with Crippen LogP contribution in [-0.4, -0.2) is 34.9 Å². The van der Waals surface area contributed by atoms with Crippen LogP contribution < -0.4 is 10.6 Å². The van der Waals surface area contributed by atoms with Crippen molar-refractivity contribution in [2.24, 2.45) is 0 Å². The molecule has 1 aliphatic heterocycles. The van der Waals surface area contributed by atoms with E-state index in [4.69, 9.17) is 4.74 Å². The smallest absolute Gasteiger partial charge is 0.411 e. The Kier molecular flexibility index (Phi) is 5.39. The third kappa shape index (κ3) is 4.42. The molecule has 0 bridgehead atoms. The number of hydrogen-bond donors (Lipinski definition) is 2. The average molecular weight is 411 g/mol. The number of hydrogen-bond acceptors (Lipinski definition) is 4. The van der Waals surface area contributed by atoms with Gasteiger partial charge in [-0.25, -0.2) is 9.18 Å². The molecule has 2 aromatic carbocycles. The zero-order valence-corrected chi connectivity index (χ0v) is 16.4. The predicted molar refractivity (Wildman–Crippen MR) is 107 cm³/mol. The van der Waals surface area contributed by atoms with Gasteiger partial charge in [-0.1, -0.05) is 24.3 Å². The summed E-state index contributed by atoms with van der Waals surface area (Å²) in [5.74, 6) is -0.905. The molecule has 1 saturated heterocycles. The van der Waals surface area contributed by atoms with Gasteiger partial charge in [0, 0.05) is 18.7 Å². The number of nitrogens with zero attached hydrogens (tertiary/aromatic N) is 1. The van der Waals surface area contributed by atoms with Crippen LogP contribution in [0.15, 0.2) is 48.5 Å². The van der Waals surface area contributed by atoms with Crippen LogP contribution in [0.3, 0.4) is 0 Å². The van der Waals surface area contributed by atoms with Crippen LogP contribution in [0.25, 0.3) is 0 Å². The minimum Gasteiger partial charge on any atom is -0.438 e. The summed E-state index contributed by atoms with van der Waals surface area (Å²) >= 11 is 0. The van der Waals surface area contributed by atoms with Gasteiger partial charge in [0.2, 0.25) is 11.8 Å². The van der Waals surface area contributed by atoms with Crippen molar-refractivity contribution in [3.05, 3.63) is 65.5 Å². The lowest BCUT2D eigenvalue weighted by atomic mass is 10.00. The molecule has 2 aromatic rings. The van der Waals surface area contributed by atoms with Crippen LogP contribution in [0.4, 0.5) is 14.9 Å². The molecule has 7 nitrogen and oxygen atoms in total. The van der Waals surface area contributed by atoms with Gasteiger partial charge in [-0.3, -0.25) is 14.5 Å². The van der Waals surface area contributed by atoms with E-state index in [-0.39, 0.29) is 24.4 Å². The first-order chi connectivity index (χ1) is 14.4. The van der Waals surface area contributed by atoms with Gasteiger partial charge >= 0.3 is 6.09 Å². The molecule has 156 valence electrons. The van der Waals surface area contributed by atoms with E-state index < -0.39 is 24.1 Å². The van der Waals surface area contributed by atoms with Gasteiger partial charge in [-0.2, -0.15) is 0 Å². The van der Waals surface area contributed by atoms with Gasteiger partial charge in [0.25, 0.3) is 0 Å². The molecule has 0 radical (unpaired) electrons. The zero-order chi connectivity index (χ0) is 21.3. The monoisotopic (exact) mass is 411 g/mol. The Morgan fingerprint density at radius 3 is 2.53 bits per heavy atom. The van der Waals surface area contributed by atoms with Gasteiger partial charge in [-0.15, -0.1) is 0 Å². The quantitative estimate of drug-likeness (QED) is 0.765. The molecular weight excluding hydrogens is 389 g/mol. The van der Waals surface area contributed by atoms with E-state index in [9.17, 15) is 18.8 Å². The molecule has 2 unspecified atom stereocenters. The van der Waals surface area contributed by atoms with E-state index in [1.54, 1.807) is 36.4 Å². The lowest BCUT2D eigenvalue weighted by Crippen LogP contribution is -2.46. The maximum Gasteiger partial charge on any atom is 0.411 e. The molecule has 2 N–H and O–H groups in total. The third-order valence-corrected chi connectivity index (χ3v) is 5.08. The summed E-state index contributed by atoms with van der Waals surface area (Å²) in [6.07, 6.45) is 0.378. The number of anilines is 1. The molecule has 8 heteroatoms. The van der Waals surface area contributed by atoms with Crippen molar-refractivity contribution in [1.29, 1.82) is 0 Å². The number of benzene rings is 2. The lowest BCUT2D eigenvalue weighted by Gasteiger charge is -2.24. The summed E-state index contributed by atoms with van der Waals surface area (Å²) in [6, 6.07) is 12.0. The molecule has 30 heavy (non-hydrogen) atoms. The minimum absolute atomic E-state index is 0.0554. The second-order valence-corrected chi connectivity index (χ2v) is 7.59. The summed E-state index contributed by atoms with van der Waals surface area (Å²) in [6.45, 7) is 1.47. The fraction of sp³-hybridized carbons (Fsp3) is 0.318.